The molecule has 1 fully saturated rings. The molecule has 2 rings (SSSR count). The molecule has 0 saturated heterocycles. The highest BCUT2D eigenvalue weighted by Gasteiger charge is 2.44. The van der Waals surface area contributed by atoms with Gasteiger partial charge in [0.25, 0.3) is 0 Å². The minimum atomic E-state index is -0.713. The predicted octanol–water partition coefficient (Wildman–Crippen LogP) is 3.70. The van der Waals surface area contributed by atoms with E-state index in [0.717, 1.165) is 24.8 Å². The first-order valence-corrected chi connectivity index (χ1v) is 6.30. The van der Waals surface area contributed by atoms with Crippen molar-refractivity contribution in [2.24, 2.45) is 11.3 Å². The zero-order valence-electron chi connectivity index (χ0n) is 9.86. The van der Waals surface area contributed by atoms with E-state index in [1.165, 1.54) is 0 Å². The first-order valence-electron chi connectivity index (χ1n) is 5.92. The van der Waals surface area contributed by atoms with Crippen LogP contribution in [0.4, 0.5) is 0 Å². The number of hydrogen-bond acceptors (Lipinski definition) is 2. The molecule has 3 atom stereocenters. The topological polar surface area (TPSA) is 44.0 Å². The molecule has 1 N–H and O–H groups in total. The Kier molecular flexibility index (Phi) is 3.42. The molecular formula is C14H16ClNO. The maximum absolute atomic E-state index is 10.4. The number of rotatable bonds is 2. The lowest BCUT2D eigenvalue weighted by molar-refractivity contribution is 0.0647. The van der Waals surface area contributed by atoms with Gasteiger partial charge in [-0.3, -0.25) is 0 Å². The highest BCUT2D eigenvalue weighted by molar-refractivity contribution is 6.30. The average molecular weight is 250 g/mol. The van der Waals surface area contributed by atoms with E-state index in [2.05, 4.69) is 13.0 Å². The molecule has 0 heterocycles. The quantitative estimate of drug-likeness (QED) is 0.869. The summed E-state index contributed by atoms with van der Waals surface area (Å²) in [5.41, 5.74) is 0.165. The number of benzene rings is 1. The van der Waals surface area contributed by atoms with Crippen molar-refractivity contribution in [2.45, 2.75) is 32.3 Å². The van der Waals surface area contributed by atoms with Gasteiger partial charge in [0.15, 0.2) is 0 Å². The molecule has 90 valence electrons. The normalized spacial score (nSPS) is 29.9. The van der Waals surface area contributed by atoms with Gasteiger partial charge in [0, 0.05) is 5.02 Å². The van der Waals surface area contributed by atoms with Gasteiger partial charge in [-0.25, -0.2) is 0 Å². The molecule has 17 heavy (non-hydrogen) atoms. The van der Waals surface area contributed by atoms with E-state index in [4.69, 9.17) is 11.6 Å². The number of aliphatic hydroxyl groups excluding tert-OH is 1. The summed E-state index contributed by atoms with van der Waals surface area (Å²) in [6.45, 7) is 2.13. The molecule has 3 unspecified atom stereocenters. The largest absolute Gasteiger partial charge is 0.387 e. The molecule has 3 heteroatoms. The minimum Gasteiger partial charge on any atom is -0.387 e. The predicted molar refractivity (Wildman–Crippen MR) is 67.5 cm³/mol. The average Bonchev–Trinajstić information content (AvgIpc) is 2.72. The summed E-state index contributed by atoms with van der Waals surface area (Å²) >= 11 is 5.82. The molecule has 1 aromatic rings. The van der Waals surface area contributed by atoms with Crippen LogP contribution in [-0.2, 0) is 0 Å². The minimum absolute atomic E-state index is 0.511. The van der Waals surface area contributed by atoms with Gasteiger partial charge in [0.2, 0.25) is 0 Å². The standard InChI is InChI=1S/C14H16ClNO/c1-10-6-7-14(8-10,9-16)13(17)11-2-4-12(15)5-3-11/h2-5,10,13,17H,6-8H2,1H3. The molecule has 1 saturated carbocycles. The van der Waals surface area contributed by atoms with E-state index >= 15 is 0 Å². The van der Waals surface area contributed by atoms with Gasteiger partial charge < -0.3 is 5.11 Å². The lowest BCUT2D eigenvalue weighted by Crippen LogP contribution is -2.24. The van der Waals surface area contributed by atoms with Crippen LogP contribution in [0.2, 0.25) is 5.02 Å². The van der Waals surface area contributed by atoms with Crippen LogP contribution in [-0.4, -0.2) is 5.11 Å². The number of hydrogen-bond donors (Lipinski definition) is 1. The molecule has 0 spiro atoms. The van der Waals surface area contributed by atoms with E-state index in [1.54, 1.807) is 24.3 Å². The summed E-state index contributed by atoms with van der Waals surface area (Å²) in [7, 11) is 0. The fraction of sp³-hybridized carbons (Fsp3) is 0.500. The monoisotopic (exact) mass is 249 g/mol. The Labute approximate surface area is 107 Å². The Morgan fingerprint density at radius 2 is 2.12 bits per heavy atom. The molecule has 1 aliphatic carbocycles. The summed E-state index contributed by atoms with van der Waals surface area (Å²) < 4.78 is 0. The third-order valence-corrected chi connectivity index (χ3v) is 3.98. The molecule has 2 nitrogen and oxygen atoms in total. The Hall–Kier alpha value is -1.04. The third-order valence-electron chi connectivity index (χ3n) is 3.73. The van der Waals surface area contributed by atoms with E-state index in [1.807, 2.05) is 0 Å². The Balaban J connectivity index is 2.27. The number of nitriles is 1. The summed E-state index contributed by atoms with van der Waals surface area (Å²) in [5.74, 6) is 0.511. The lowest BCUT2D eigenvalue weighted by Gasteiger charge is -2.27. The smallest absolute Gasteiger partial charge is 0.0976 e. The second-order valence-electron chi connectivity index (χ2n) is 5.07. The Morgan fingerprint density at radius 1 is 1.47 bits per heavy atom. The maximum Gasteiger partial charge on any atom is 0.0976 e. The highest BCUT2D eigenvalue weighted by atomic mass is 35.5. The van der Waals surface area contributed by atoms with E-state index in [-0.39, 0.29) is 0 Å². The van der Waals surface area contributed by atoms with Crippen LogP contribution in [0.1, 0.15) is 37.9 Å². The second kappa shape index (κ2) is 4.68. The molecule has 0 radical (unpaired) electrons. The van der Waals surface area contributed by atoms with E-state index < -0.39 is 11.5 Å². The van der Waals surface area contributed by atoms with Gasteiger partial charge in [0.1, 0.15) is 0 Å². The Morgan fingerprint density at radius 3 is 2.59 bits per heavy atom. The van der Waals surface area contributed by atoms with Crippen LogP contribution < -0.4 is 0 Å². The molecular weight excluding hydrogens is 234 g/mol. The van der Waals surface area contributed by atoms with E-state index in [9.17, 15) is 10.4 Å². The van der Waals surface area contributed by atoms with Gasteiger partial charge in [-0.1, -0.05) is 30.7 Å². The zero-order chi connectivity index (χ0) is 12.5. The van der Waals surface area contributed by atoms with Crippen molar-refractivity contribution < 1.29 is 5.11 Å². The molecule has 0 aliphatic heterocycles. The van der Waals surface area contributed by atoms with Crippen molar-refractivity contribution in [1.29, 1.82) is 5.26 Å². The number of halogens is 1. The van der Waals surface area contributed by atoms with Crippen LogP contribution in [0.25, 0.3) is 0 Å². The second-order valence-corrected chi connectivity index (χ2v) is 5.51. The van der Waals surface area contributed by atoms with Crippen LogP contribution in [0, 0.1) is 22.7 Å². The molecule has 1 aromatic carbocycles. The van der Waals surface area contributed by atoms with Crippen molar-refractivity contribution in [3.05, 3.63) is 34.9 Å². The SMILES string of the molecule is CC1CCC(C#N)(C(O)c2ccc(Cl)cc2)C1. The Bertz CT molecular complexity index is 437. The van der Waals surface area contributed by atoms with Crippen molar-refractivity contribution >= 4 is 11.6 Å². The van der Waals surface area contributed by atoms with Gasteiger partial charge in [-0.15, -0.1) is 0 Å². The molecule has 0 bridgehead atoms. The van der Waals surface area contributed by atoms with Gasteiger partial charge in [-0.2, -0.15) is 5.26 Å². The molecule has 1 aliphatic rings. The van der Waals surface area contributed by atoms with Gasteiger partial charge in [-0.05, 0) is 42.9 Å². The fourth-order valence-electron chi connectivity index (χ4n) is 2.71. The van der Waals surface area contributed by atoms with Crippen molar-refractivity contribution in [3.63, 3.8) is 0 Å². The summed E-state index contributed by atoms with van der Waals surface area (Å²) in [5, 5.41) is 20.4. The summed E-state index contributed by atoms with van der Waals surface area (Å²) in [4.78, 5) is 0. The molecule has 0 aromatic heterocycles. The van der Waals surface area contributed by atoms with Crippen molar-refractivity contribution in [3.8, 4) is 6.07 Å². The van der Waals surface area contributed by atoms with Crippen molar-refractivity contribution in [2.75, 3.05) is 0 Å². The highest BCUT2D eigenvalue weighted by Crippen LogP contribution is 2.49. The lowest BCUT2D eigenvalue weighted by atomic mass is 9.78. The summed E-state index contributed by atoms with van der Waals surface area (Å²) in [6.07, 6.45) is 1.84. The fourth-order valence-corrected chi connectivity index (χ4v) is 2.83. The van der Waals surface area contributed by atoms with Crippen LogP contribution in [0.15, 0.2) is 24.3 Å². The van der Waals surface area contributed by atoms with Crippen LogP contribution >= 0.6 is 11.6 Å². The summed E-state index contributed by atoms with van der Waals surface area (Å²) in [6, 6.07) is 9.45. The van der Waals surface area contributed by atoms with Crippen LogP contribution in [0.3, 0.4) is 0 Å². The zero-order valence-corrected chi connectivity index (χ0v) is 10.6. The van der Waals surface area contributed by atoms with Gasteiger partial charge in [0.05, 0.1) is 17.6 Å². The van der Waals surface area contributed by atoms with Crippen molar-refractivity contribution in [1.82, 2.24) is 0 Å². The third kappa shape index (κ3) is 2.31. The first kappa shape index (κ1) is 12.4. The van der Waals surface area contributed by atoms with E-state index in [0.29, 0.717) is 10.9 Å². The van der Waals surface area contributed by atoms with Crippen LogP contribution in [0.5, 0.6) is 0 Å². The van der Waals surface area contributed by atoms with Gasteiger partial charge >= 0.3 is 0 Å². The first-order chi connectivity index (χ1) is 8.07. The number of nitrogens with zero attached hydrogens (tertiary/aromatic N) is 1. The molecule has 0 amide bonds. The maximum atomic E-state index is 10.4. The number of aliphatic hydroxyl groups is 1.